The summed E-state index contributed by atoms with van der Waals surface area (Å²) in [5.41, 5.74) is 3.98. The Bertz CT molecular complexity index is 1410. The molecule has 34 heavy (non-hydrogen) atoms. The van der Waals surface area contributed by atoms with Crippen molar-refractivity contribution in [2.45, 2.75) is 0 Å². The number of fused-ring (bicyclic) bond motifs is 1. The fourth-order valence-electron chi connectivity index (χ4n) is 4.27. The second-order valence-electron chi connectivity index (χ2n) is 8.23. The maximum Gasteiger partial charge on any atom is 0.229 e. The number of nitrogens with zero attached hydrogens (tertiary/aromatic N) is 5. The SMILES string of the molecule is Fc1ccc(N2CCN(c3nc(-c4ccccc4)nc4nc(-c5ccccc5)oc34)CC2)cc1. The number of oxazole rings is 1. The van der Waals surface area contributed by atoms with Crippen LogP contribution in [0.15, 0.2) is 89.3 Å². The van der Waals surface area contributed by atoms with Crippen molar-refractivity contribution in [1.29, 1.82) is 0 Å². The average molecular weight is 452 g/mol. The van der Waals surface area contributed by atoms with Crippen molar-refractivity contribution >= 4 is 22.7 Å². The quantitative estimate of drug-likeness (QED) is 0.364. The summed E-state index contributed by atoms with van der Waals surface area (Å²) in [7, 11) is 0. The Hall–Kier alpha value is -4.26. The highest BCUT2D eigenvalue weighted by atomic mass is 19.1. The highest BCUT2D eigenvalue weighted by Gasteiger charge is 2.25. The zero-order valence-electron chi connectivity index (χ0n) is 18.4. The van der Waals surface area contributed by atoms with Crippen molar-refractivity contribution in [3.05, 3.63) is 90.7 Å². The summed E-state index contributed by atoms with van der Waals surface area (Å²) >= 11 is 0. The fourth-order valence-corrected chi connectivity index (χ4v) is 4.27. The number of piperazine rings is 1. The van der Waals surface area contributed by atoms with Gasteiger partial charge < -0.3 is 14.2 Å². The van der Waals surface area contributed by atoms with Crippen LogP contribution in [0, 0.1) is 5.82 Å². The van der Waals surface area contributed by atoms with Gasteiger partial charge in [-0.05, 0) is 36.4 Å². The van der Waals surface area contributed by atoms with Crippen LogP contribution in [0.2, 0.25) is 0 Å². The maximum absolute atomic E-state index is 13.3. The smallest absolute Gasteiger partial charge is 0.229 e. The van der Waals surface area contributed by atoms with Gasteiger partial charge in [0.05, 0.1) is 0 Å². The van der Waals surface area contributed by atoms with Crippen LogP contribution in [0.4, 0.5) is 15.9 Å². The van der Waals surface area contributed by atoms with Gasteiger partial charge in [0.15, 0.2) is 11.6 Å². The molecule has 2 aromatic heterocycles. The van der Waals surface area contributed by atoms with Crippen molar-refractivity contribution in [2.24, 2.45) is 0 Å². The lowest BCUT2D eigenvalue weighted by Crippen LogP contribution is -2.47. The standard InChI is InChI=1S/C27H22FN5O/c28-21-11-13-22(14-12-21)32-15-17-33(18-16-32)26-23-25(29-24(30-26)19-7-3-1-4-8-19)31-27(34-23)20-9-5-2-6-10-20/h1-14H,15-18H2. The summed E-state index contributed by atoms with van der Waals surface area (Å²) in [6.07, 6.45) is 0. The first-order valence-corrected chi connectivity index (χ1v) is 11.3. The molecule has 1 fully saturated rings. The molecule has 3 aromatic carbocycles. The van der Waals surface area contributed by atoms with Gasteiger partial charge in [0.1, 0.15) is 5.82 Å². The molecular weight excluding hydrogens is 429 g/mol. The molecular formula is C27H22FN5O. The first kappa shape index (κ1) is 20.4. The van der Waals surface area contributed by atoms with Gasteiger partial charge in [0.25, 0.3) is 0 Å². The fraction of sp³-hybridized carbons (Fsp3) is 0.148. The first-order valence-electron chi connectivity index (χ1n) is 11.3. The molecule has 1 aliphatic heterocycles. The molecule has 0 radical (unpaired) electrons. The molecule has 0 atom stereocenters. The molecule has 0 unspecified atom stereocenters. The second-order valence-corrected chi connectivity index (χ2v) is 8.23. The first-order chi connectivity index (χ1) is 16.7. The lowest BCUT2D eigenvalue weighted by molar-refractivity contribution is 0.604. The van der Waals surface area contributed by atoms with Crippen LogP contribution in [0.5, 0.6) is 0 Å². The molecule has 6 rings (SSSR count). The van der Waals surface area contributed by atoms with Crippen LogP contribution in [0.25, 0.3) is 34.1 Å². The molecule has 3 heterocycles. The summed E-state index contributed by atoms with van der Waals surface area (Å²) in [6, 6.07) is 26.4. The Morgan fingerprint density at radius 3 is 1.94 bits per heavy atom. The van der Waals surface area contributed by atoms with E-state index in [0.29, 0.717) is 22.9 Å². The Balaban J connectivity index is 1.38. The highest BCUT2D eigenvalue weighted by molar-refractivity contribution is 5.85. The molecule has 0 spiro atoms. The van der Waals surface area contributed by atoms with Gasteiger partial charge in [-0.2, -0.15) is 4.98 Å². The van der Waals surface area contributed by atoms with E-state index in [1.165, 1.54) is 12.1 Å². The summed E-state index contributed by atoms with van der Waals surface area (Å²) in [5.74, 6) is 1.68. The molecule has 0 bridgehead atoms. The molecule has 0 saturated carbocycles. The molecule has 7 heteroatoms. The zero-order chi connectivity index (χ0) is 22.9. The van der Waals surface area contributed by atoms with E-state index in [1.54, 1.807) is 0 Å². The summed E-state index contributed by atoms with van der Waals surface area (Å²) in [5, 5.41) is 0. The third-order valence-electron chi connectivity index (χ3n) is 6.06. The van der Waals surface area contributed by atoms with Crippen LogP contribution in [0.1, 0.15) is 0 Å². The number of benzene rings is 3. The van der Waals surface area contributed by atoms with Gasteiger partial charge in [-0.25, -0.2) is 14.4 Å². The molecule has 1 aliphatic rings. The average Bonchev–Trinajstić information content (AvgIpc) is 3.34. The van der Waals surface area contributed by atoms with Crippen LogP contribution in [0.3, 0.4) is 0 Å². The van der Waals surface area contributed by atoms with Gasteiger partial charge in [0.2, 0.25) is 17.1 Å². The third-order valence-corrected chi connectivity index (χ3v) is 6.06. The lowest BCUT2D eigenvalue weighted by atomic mass is 10.2. The number of hydrogen-bond acceptors (Lipinski definition) is 6. The Kier molecular flexibility index (Phi) is 5.14. The Labute approximate surface area is 196 Å². The predicted molar refractivity (Wildman–Crippen MR) is 131 cm³/mol. The van der Waals surface area contributed by atoms with Crippen molar-refractivity contribution in [2.75, 3.05) is 36.0 Å². The van der Waals surface area contributed by atoms with Crippen molar-refractivity contribution in [1.82, 2.24) is 15.0 Å². The van der Waals surface area contributed by atoms with E-state index < -0.39 is 0 Å². The topological polar surface area (TPSA) is 58.3 Å². The zero-order valence-corrected chi connectivity index (χ0v) is 18.4. The van der Waals surface area contributed by atoms with E-state index in [1.807, 2.05) is 72.8 Å². The van der Waals surface area contributed by atoms with E-state index >= 15 is 0 Å². The number of aromatic nitrogens is 3. The number of anilines is 2. The molecule has 0 aliphatic carbocycles. The molecule has 6 nitrogen and oxygen atoms in total. The Morgan fingerprint density at radius 1 is 0.647 bits per heavy atom. The minimum absolute atomic E-state index is 0.223. The molecule has 5 aromatic rings. The normalized spacial score (nSPS) is 14.0. The predicted octanol–water partition coefficient (Wildman–Crippen LogP) is 5.42. The van der Waals surface area contributed by atoms with Gasteiger partial charge in [-0.3, -0.25) is 0 Å². The van der Waals surface area contributed by atoms with Gasteiger partial charge in [0, 0.05) is 43.0 Å². The van der Waals surface area contributed by atoms with E-state index in [-0.39, 0.29) is 5.82 Å². The van der Waals surface area contributed by atoms with Crippen LogP contribution in [-0.2, 0) is 0 Å². The lowest BCUT2D eigenvalue weighted by Gasteiger charge is -2.36. The van der Waals surface area contributed by atoms with Crippen molar-refractivity contribution in [3.8, 4) is 22.8 Å². The van der Waals surface area contributed by atoms with Crippen molar-refractivity contribution < 1.29 is 8.81 Å². The molecule has 0 amide bonds. The number of rotatable bonds is 4. The molecule has 1 saturated heterocycles. The van der Waals surface area contributed by atoms with E-state index in [0.717, 1.165) is 48.8 Å². The second kappa shape index (κ2) is 8.59. The monoisotopic (exact) mass is 451 g/mol. The molecule has 0 N–H and O–H groups in total. The van der Waals surface area contributed by atoms with Crippen LogP contribution < -0.4 is 9.80 Å². The largest absolute Gasteiger partial charge is 0.430 e. The van der Waals surface area contributed by atoms with Crippen molar-refractivity contribution in [3.63, 3.8) is 0 Å². The minimum atomic E-state index is -0.223. The minimum Gasteiger partial charge on any atom is -0.430 e. The van der Waals surface area contributed by atoms with Gasteiger partial charge in [-0.1, -0.05) is 48.5 Å². The van der Waals surface area contributed by atoms with E-state index in [4.69, 9.17) is 19.4 Å². The molecule has 168 valence electrons. The third kappa shape index (κ3) is 3.85. The van der Waals surface area contributed by atoms with Gasteiger partial charge in [-0.15, -0.1) is 0 Å². The summed E-state index contributed by atoms with van der Waals surface area (Å²) in [4.78, 5) is 18.8. The van der Waals surface area contributed by atoms with E-state index in [9.17, 15) is 4.39 Å². The van der Waals surface area contributed by atoms with Crippen LogP contribution >= 0.6 is 0 Å². The number of hydrogen-bond donors (Lipinski definition) is 0. The summed E-state index contributed by atoms with van der Waals surface area (Å²) in [6.45, 7) is 3.08. The maximum atomic E-state index is 13.3. The van der Waals surface area contributed by atoms with E-state index in [2.05, 4.69) is 9.80 Å². The number of halogens is 1. The highest BCUT2D eigenvalue weighted by Crippen LogP contribution is 2.32. The summed E-state index contributed by atoms with van der Waals surface area (Å²) < 4.78 is 19.6. The van der Waals surface area contributed by atoms with Gasteiger partial charge >= 0.3 is 0 Å². The van der Waals surface area contributed by atoms with Crippen LogP contribution in [-0.4, -0.2) is 41.1 Å². The Morgan fingerprint density at radius 2 is 1.26 bits per heavy atom.